The summed E-state index contributed by atoms with van der Waals surface area (Å²) >= 11 is 0. The summed E-state index contributed by atoms with van der Waals surface area (Å²) in [4.78, 5) is 15.0. The van der Waals surface area contributed by atoms with Gasteiger partial charge in [0, 0.05) is 26.7 Å². The minimum atomic E-state index is 0.143. The van der Waals surface area contributed by atoms with Gasteiger partial charge in [0.15, 0.2) is 0 Å². The Labute approximate surface area is 125 Å². The van der Waals surface area contributed by atoms with Gasteiger partial charge in [-0.2, -0.15) is 15.0 Å². The Hall–Kier alpha value is -1.67. The van der Waals surface area contributed by atoms with Gasteiger partial charge in [-0.05, 0) is 13.5 Å². The molecule has 0 radical (unpaired) electrons. The van der Waals surface area contributed by atoms with Gasteiger partial charge >= 0.3 is 6.01 Å². The molecule has 21 heavy (non-hydrogen) atoms. The van der Waals surface area contributed by atoms with Crippen LogP contribution in [-0.2, 0) is 4.74 Å². The second kappa shape index (κ2) is 7.94. The van der Waals surface area contributed by atoms with Crippen LogP contribution in [0.5, 0.6) is 6.01 Å². The minimum Gasteiger partial charge on any atom is -0.464 e. The van der Waals surface area contributed by atoms with E-state index in [2.05, 4.69) is 37.4 Å². The lowest BCUT2D eigenvalue weighted by molar-refractivity contribution is -0.0192. The van der Waals surface area contributed by atoms with Crippen LogP contribution < -0.4 is 15.4 Å². The fraction of sp³-hybridized carbons (Fsp3) is 0.769. The number of likely N-dealkylation sites (N-methyl/N-ethyl adjacent to an activating group) is 1. The highest BCUT2D eigenvalue weighted by Crippen LogP contribution is 2.12. The van der Waals surface area contributed by atoms with Crippen LogP contribution in [0.1, 0.15) is 13.8 Å². The van der Waals surface area contributed by atoms with E-state index in [4.69, 9.17) is 9.47 Å². The monoisotopic (exact) mass is 296 g/mol. The molecule has 0 aromatic carbocycles. The van der Waals surface area contributed by atoms with E-state index >= 15 is 0 Å². The van der Waals surface area contributed by atoms with E-state index in [1.54, 1.807) is 7.05 Å². The Balaban J connectivity index is 1.93. The van der Waals surface area contributed by atoms with Crippen molar-refractivity contribution in [2.45, 2.75) is 20.0 Å². The minimum absolute atomic E-state index is 0.143. The molecule has 2 N–H and O–H groups in total. The predicted molar refractivity (Wildman–Crippen MR) is 80.9 cm³/mol. The molecule has 0 aliphatic carbocycles. The van der Waals surface area contributed by atoms with Crippen LogP contribution in [0.2, 0.25) is 0 Å². The Kier molecular flexibility index (Phi) is 5.94. The van der Waals surface area contributed by atoms with Crippen LogP contribution in [0.25, 0.3) is 0 Å². The van der Waals surface area contributed by atoms with Gasteiger partial charge in [-0.25, -0.2) is 0 Å². The second-order valence-corrected chi connectivity index (χ2v) is 4.72. The Bertz CT molecular complexity index is 445. The molecule has 0 saturated carbocycles. The van der Waals surface area contributed by atoms with Crippen molar-refractivity contribution in [3.63, 3.8) is 0 Å². The summed E-state index contributed by atoms with van der Waals surface area (Å²) < 4.78 is 11.1. The molecule has 8 heteroatoms. The third kappa shape index (κ3) is 4.68. The SMILES string of the molecule is CCOc1nc(NC)nc(NCC2CN(CC)CCO2)n1. The summed E-state index contributed by atoms with van der Waals surface area (Å²) in [5, 5.41) is 6.10. The quantitative estimate of drug-likeness (QED) is 0.750. The molecule has 1 aliphatic rings. The third-order valence-electron chi connectivity index (χ3n) is 3.27. The molecule has 1 saturated heterocycles. The van der Waals surface area contributed by atoms with Crippen LogP contribution in [0, 0.1) is 0 Å². The number of nitrogens with zero attached hydrogens (tertiary/aromatic N) is 4. The van der Waals surface area contributed by atoms with Crippen LogP contribution in [-0.4, -0.2) is 72.4 Å². The van der Waals surface area contributed by atoms with Crippen molar-refractivity contribution < 1.29 is 9.47 Å². The Morgan fingerprint density at radius 3 is 2.81 bits per heavy atom. The number of hydrogen-bond acceptors (Lipinski definition) is 8. The Morgan fingerprint density at radius 1 is 1.29 bits per heavy atom. The molecule has 118 valence electrons. The van der Waals surface area contributed by atoms with Crippen molar-refractivity contribution in [2.24, 2.45) is 0 Å². The number of morpholine rings is 1. The maximum atomic E-state index is 5.74. The van der Waals surface area contributed by atoms with E-state index in [1.165, 1.54) is 0 Å². The number of rotatable bonds is 7. The zero-order chi connectivity index (χ0) is 15.1. The van der Waals surface area contributed by atoms with E-state index in [9.17, 15) is 0 Å². The fourth-order valence-electron chi connectivity index (χ4n) is 2.14. The first kappa shape index (κ1) is 15.7. The maximum Gasteiger partial charge on any atom is 0.323 e. The number of aromatic nitrogens is 3. The highest BCUT2D eigenvalue weighted by atomic mass is 16.5. The van der Waals surface area contributed by atoms with Crippen LogP contribution >= 0.6 is 0 Å². The van der Waals surface area contributed by atoms with Crippen molar-refractivity contribution in [1.29, 1.82) is 0 Å². The molecule has 0 bridgehead atoms. The Morgan fingerprint density at radius 2 is 2.10 bits per heavy atom. The topological polar surface area (TPSA) is 84.4 Å². The summed E-state index contributed by atoms with van der Waals surface area (Å²) in [6.45, 7) is 8.97. The van der Waals surface area contributed by atoms with Crippen molar-refractivity contribution in [2.75, 3.05) is 57.1 Å². The molecule has 0 amide bonds. The van der Waals surface area contributed by atoms with E-state index in [1.807, 2.05) is 6.92 Å². The normalized spacial score (nSPS) is 19.3. The van der Waals surface area contributed by atoms with Gasteiger partial charge in [0.1, 0.15) is 0 Å². The van der Waals surface area contributed by atoms with E-state index < -0.39 is 0 Å². The molecule has 2 rings (SSSR count). The van der Waals surface area contributed by atoms with Crippen molar-refractivity contribution in [3.05, 3.63) is 0 Å². The highest BCUT2D eigenvalue weighted by Gasteiger charge is 2.19. The summed E-state index contributed by atoms with van der Waals surface area (Å²) in [5.41, 5.74) is 0. The van der Waals surface area contributed by atoms with Crippen LogP contribution in [0.3, 0.4) is 0 Å². The van der Waals surface area contributed by atoms with Gasteiger partial charge < -0.3 is 20.1 Å². The molecule has 0 spiro atoms. The first-order chi connectivity index (χ1) is 10.2. The first-order valence-corrected chi connectivity index (χ1v) is 7.39. The summed E-state index contributed by atoms with van der Waals surface area (Å²) in [7, 11) is 1.76. The van der Waals surface area contributed by atoms with Gasteiger partial charge in [-0.3, -0.25) is 4.90 Å². The molecule has 1 aliphatic heterocycles. The van der Waals surface area contributed by atoms with Crippen LogP contribution in [0.4, 0.5) is 11.9 Å². The van der Waals surface area contributed by atoms with Gasteiger partial charge in [0.25, 0.3) is 0 Å². The molecular weight excluding hydrogens is 272 g/mol. The molecule has 1 unspecified atom stereocenters. The predicted octanol–water partition coefficient (Wildman–Crippen LogP) is 0.445. The zero-order valence-corrected chi connectivity index (χ0v) is 12.9. The average molecular weight is 296 g/mol. The summed E-state index contributed by atoms with van der Waals surface area (Å²) in [6.07, 6.45) is 0.143. The lowest BCUT2D eigenvalue weighted by Gasteiger charge is -2.32. The number of ether oxygens (including phenoxy) is 2. The standard InChI is InChI=1S/C13H24N6O2/c1-4-19-6-7-21-10(9-19)8-15-12-16-11(14-3)17-13(18-12)20-5-2/h10H,4-9H2,1-3H3,(H2,14,15,16,17,18). The van der Waals surface area contributed by atoms with E-state index in [0.29, 0.717) is 31.1 Å². The molecule has 8 nitrogen and oxygen atoms in total. The molecule has 1 atom stereocenters. The smallest absolute Gasteiger partial charge is 0.323 e. The summed E-state index contributed by atoms with van der Waals surface area (Å²) in [6, 6.07) is 0.319. The van der Waals surface area contributed by atoms with Crippen molar-refractivity contribution >= 4 is 11.9 Å². The maximum absolute atomic E-state index is 5.74. The molecule has 1 aromatic heterocycles. The van der Waals surface area contributed by atoms with Gasteiger partial charge in [0.05, 0.1) is 19.3 Å². The molecule has 1 fully saturated rings. The van der Waals surface area contributed by atoms with Crippen molar-refractivity contribution in [1.82, 2.24) is 19.9 Å². The number of hydrogen-bond donors (Lipinski definition) is 2. The van der Waals surface area contributed by atoms with E-state index in [-0.39, 0.29) is 6.10 Å². The lowest BCUT2D eigenvalue weighted by Crippen LogP contribution is -2.45. The van der Waals surface area contributed by atoms with Crippen LogP contribution in [0.15, 0.2) is 0 Å². The number of nitrogens with one attached hydrogen (secondary N) is 2. The molecule has 2 heterocycles. The third-order valence-corrected chi connectivity index (χ3v) is 3.27. The lowest BCUT2D eigenvalue weighted by atomic mass is 10.2. The first-order valence-electron chi connectivity index (χ1n) is 7.39. The average Bonchev–Trinajstić information content (AvgIpc) is 2.53. The summed E-state index contributed by atoms with van der Waals surface area (Å²) in [5.74, 6) is 0.978. The zero-order valence-electron chi connectivity index (χ0n) is 12.9. The van der Waals surface area contributed by atoms with Gasteiger partial charge in [-0.15, -0.1) is 0 Å². The molecule has 1 aromatic rings. The second-order valence-electron chi connectivity index (χ2n) is 4.72. The fourth-order valence-corrected chi connectivity index (χ4v) is 2.14. The molecular formula is C13H24N6O2. The largest absolute Gasteiger partial charge is 0.464 e. The van der Waals surface area contributed by atoms with Crippen molar-refractivity contribution in [3.8, 4) is 6.01 Å². The van der Waals surface area contributed by atoms with Gasteiger partial charge in [0.2, 0.25) is 11.9 Å². The highest BCUT2D eigenvalue weighted by molar-refractivity contribution is 5.35. The number of anilines is 2. The van der Waals surface area contributed by atoms with Gasteiger partial charge in [-0.1, -0.05) is 6.92 Å². The van der Waals surface area contributed by atoms with E-state index in [0.717, 1.165) is 26.2 Å².